The maximum Gasteiger partial charge on any atom is 0.269 e. The minimum absolute atomic E-state index is 0.0230. The van der Waals surface area contributed by atoms with Crippen molar-refractivity contribution < 1.29 is 18.9 Å². The minimum Gasteiger partial charge on any atom is -0.457 e. The van der Waals surface area contributed by atoms with Crippen LogP contribution in [0.4, 0.5) is 5.69 Å². The summed E-state index contributed by atoms with van der Waals surface area (Å²) in [4.78, 5) is 35.8. The van der Waals surface area contributed by atoms with Gasteiger partial charge >= 0.3 is 0 Å². The summed E-state index contributed by atoms with van der Waals surface area (Å²) in [6.07, 6.45) is 1.44. The molecule has 0 atom stereocenters. The van der Waals surface area contributed by atoms with Gasteiger partial charge in [-0.15, -0.1) is 0 Å². The van der Waals surface area contributed by atoms with Crippen LogP contribution in [0.3, 0.4) is 0 Å². The van der Waals surface area contributed by atoms with Gasteiger partial charge in [-0.1, -0.05) is 18.2 Å². The molecule has 0 aliphatic carbocycles. The number of amides is 2. The Kier molecular flexibility index (Phi) is 6.53. The molecular formula is C24H23N3O5. The van der Waals surface area contributed by atoms with E-state index in [1.54, 1.807) is 54.6 Å². The van der Waals surface area contributed by atoms with Gasteiger partial charge in [0, 0.05) is 34.9 Å². The maximum absolute atomic E-state index is 12.8. The van der Waals surface area contributed by atoms with Gasteiger partial charge < -0.3 is 15.1 Å². The van der Waals surface area contributed by atoms with Gasteiger partial charge in [0.05, 0.1) is 4.92 Å². The first-order valence-electron chi connectivity index (χ1n) is 9.88. The fraction of sp³-hybridized carbons (Fsp3) is 0.167. The van der Waals surface area contributed by atoms with E-state index < -0.39 is 22.3 Å². The third-order valence-corrected chi connectivity index (χ3v) is 4.29. The Balaban J connectivity index is 1.88. The average Bonchev–Trinajstić information content (AvgIpc) is 3.21. The van der Waals surface area contributed by atoms with E-state index >= 15 is 0 Å². The van der Waals surface area contributed by atoms with Crippen LogP contribution in [0.1, 0.15) is 36.9 Å². The summed E-state index contributed by atoms with van der Waals surface area (Å²) in [6, 6.07) is 17.8. The third kappa shape index (κ3) is 5.91. The molecule has 2 aromatic carbocycles. The van der Waals surface area contributed by atoms with Crippen molar-refractivity contribution in [2.24, 2.45) is 0 Å². The van der Waals surface area contributed by atoms with Crippen molar-refractivity contribution in [1.82, 2.24) is 10.6 Å². The lowest BCUT2D eigenvalue weighted by Crippen LogP contribution is -2.44. The number of nitro groups is 1. The number of carbonyl (C=O) groups is 2. The van der Waals surface area contributed by atoms with E-state index in [2.05, 4.69) is 10.6 Å². The third-order valence-electron chi connectivity index (χ3n) is 4.29. The molecule has 0 radical (unpaired) electrons. The first-order valence-corrected chi connectivity index (χ1v) is 9.88. The first kappa shape index (κ1) is 22.5. The van der Waals surface area contributed by atoms with Crippen LogP contribution in [-0.2, 0) is 4.79 Å². The second kappa shape index (κ2) is 9.30. The van der Waals surface area contributed by atoms with Crippen LogP contribution in [0.25, 0.3) is 17.4 Å². The van der Waals surface area contributed by atoms with Crippen molar-refractivity contribution in [3.63, 3.8) is 0 Å². The smallest absolute Gasteiger partial charge is 0.269 e. The van der Waals surface area contributed by atoms with Gasteiger partial charge in [-0.2, -0.15) is 0 Å². The van der Waals surface area contributed by atoms with E-state index in [0.717, 1.165) is 0 Å². The highest BCUT2D eigenvalue weighted by Gasteiger charge is 2.20. The zero-order valence-electron chi connectivity index (χ0n) is 17.9. The predicted molar refractivity (Wildman–Crippen MR) is 121 cm³/mol. The molecule has 1 heterocycles. The molecule has 0 saturated heterocycles. The molecule has 0 fully saturated rings. The van der Waals surface area contributed by atoms with Gasteiger partial charge in [-0.05, 0) is 57.2 Å². The van der Waals surface area contributed by atoms with Gasteiger partial charge in [0.25, 0.3) is 17.5 Å². The monoisotopic (exact) mass is 433 g/mol. The van der Waals surface area contributed by atoms with E-state index in [1.165, 1.54) is 18.2 Å². The molecule has 8 heteroatoms. The molecule has 0 aliphatic rings. The highest BCUT2D eigenvalue weighted by atomic mass is 16.6. The molecule has 164 valence electrons. The van der Waals surface area contributed by atoms with Gasteiger partial charge in [-0.25, -0.2) is 0 Å². The predicted octanol–water partition coefficient (Wildman–Crippen LogP) is 4.54. The molecular weight excluding hydrogens is 410 g/mol. The quantitative estimate of drug-likeness (QED) is 0.336. The Morgan fingerprint density at radius 3 is 2.22 bits per heavy atom. The number of nitrogens with zero attached hydrogens (tertiary/aromatic N) is 1. The average molecular weight is 433 g/mol. The van der Waals surface area contributed by atoms with Crippen molar-refractivity contribution in [3.05, 3.63) is 93.9 Å². The van der Waals surface area contributed by atoms with Crippen LogP contribution in [-0.4, -0.2) is 22.3 Å². The number of hydrogen-bond donors (Lipinski definition) is 2. The summed E-state index contributed by atoms with van der Waals surface area (Å²) in [6.45, 7) is 5.50. The number of carbonyl (C=O) groups excluding carboxylic acids is 2. The number of furan rings is 1. The van der Waals surface area contributed by atoms with Crippen LogP contribution in [0.5, 0.6) is 0 Å². The van der Waals surface area contributed by atoms with Crippen LogP contribution >= 0.6 is 0 Å². The highest BCUT2D eigenvalue weighted by Crippen LogP contribution is 2.25. The largest absolute Gasteiger partial charge is 0.457 e. The normalized spacial score (nSPS) is 11.7. The fourth-order valence-electron chi connectivity index (χ4n) is 2.83. The fourth-order valence-corrected chi connectivity index (χ4v) is 2.83. The molecule has 2 amide bonds. The van der Waals surface area contributed by atoms with Crippen molar-refractivity contribution in [2.75, 3.05) is 0 Å². The van der Waals surface area contributed by atoms with E-state index in [9.17, 15) is 19.7 Å². The topological polar surface area (TPSA) is 114 Å². The molecule has 2 N–H and O–H groups in total. The molecule has 0 bridgehead atoms. The first-order chi connectivity index (χ1) is 15.1. The van der Waals surface area contributed by atoms with Gasteiger partial charge in [0.15, 0.2) is 0 Å². The summed E-state index contributed by atoms with van der Waals surface area (Å²) < 4.78 is 5.79. The molecule has 0 unspecified atom stereocenters. The molecule has 1 aromatic heterocycles. The number of non-ortho nitro benzene ring substituents is 1. The van der Waals surface area contributed by atoms with Crippen LogP contribution in [0, 0.1) is 10.1 Å². The molecule has 8 nitrogen and oxygen atoms in total. The summed E-state index contributed by atoms with van der Waals surface area (Å²) in [5.74, 6) is -0.0833. The molecule has 0 saturated carbocycles. The zero-order chi connectivity index (χ0) is 23.3. The van der Waals surface area contributed by atoms with Gasteiger partial charge in [0.1, 0.15) is 17.2 Å². The van der Waals surface area contributed by atoms with Gasteiger partial charge in [0.2, 0.25) is 0 Å². The van der Waals surface area contributed by atoms with Crippen LogP contribution < -0.4 is 10.6 Å². The number of hydrogen-bond acceptors (Lipinski definition) is 5. The van der Waals surface area contributed by atoms with Crippen molar-refractivity contribution >= 4 is 23.6 Å². The van der Waals surface area contributed by atoms with Crippen LogP contribution in [0.15, 0.2) is 76.8 Å². The summed E-state index contributed by atoms with van der Waals surface area (Å²) >= 11 is 0. The van der Waals surface area contributed by atoms with Crippen LogP contribution in [0.2, 0.25) is 0 Å². The van der Waals surface area contributed by atoms with Gasteiger partial charge in [-0.3, -0.25) is 19.7 Å². The zero-order valence-corrected chi connectivity index (χ0v) is 17.9. The van der Waals surface area contributed by atoms with Crippen molar-refractivity contribution in [3.8, 4) is 11.3 Å². The van der Waals surface area contributed by atoms with E-state index in [0.29, 0.717) is 22.6 Å². The highest BCUT2D eigenvalue weighted by molar-refractivity contribution is 6.05. The molecule has 3 rings (SSSR count). The molecule has 0 spiro atoms. The second-order valence-corrected chi connectivity index (χ2v) is 8.09. The maximum atomic E-state index is 12.8. The number of nitrogens with one attached hydrogen (secondary N) is 2. The summed E-state index contributed by atoms with van der Waals surface area (Å²) in [5, 5.41) is 16.3. The summed E-state index contributed by atoms with van der Waals surface area (Å²) in [5.41, 5.74) is 0.543. The Hall–Kier alpha value is -4.20. The molecule has 3 aromatic rings. The lowest BCUT2D eigenvalue weighted by atomic mass is 10.1. The van der Waals surface area contributed by atoms with E-state index in [-0.39, 0.29) is 11.4 Å². The van der Waals surface area contributed by atoms with E-state index in [4.69, 9.17) is 4.42 Å². The Bertz CT molecular complexity index is 1160. The molecule has 32 heavy (non-hydrogen) atoms. The molecule has 0 aliphatic heterocycles. The number of benzene rings is 2. The lowest BCUT2D eigenvalue weighted by Gasteiger charge is -2.21. The SMILES string of the molecule is CC(C)(C)NC(=O)/C(=C/c1ccc(-c2ccc([N+](=O)[O-])cc2)o1)NC(=O)c1ccccc1. The number of rotatable bonds is 6. The Morgan fingerprint density at radius 2 is 1.62 bits per heavy atom. The Morgan fingerprint density at radius 1 is 0.969 bits per heavy atom. The van der Waals surface area contributed by atoms with Crippen molar-refractivity contribution in [1.29, 1.82) is 0 Å². The number of nitro benzene ring substituents is 1. The lowest BCUT2D eigenvalue weighted by molar-refractivity contribution is -0.384. The minimum atomic E-state index is -0.513. The summed E-state index contributed by atoms with van der Waals surface area (Å²) in [7, 11) is 0. The van der Waals surface area contributed by atoms with E-state index in [1.807, 2.05) is 20.8 Å². The van der Waals surface area contributed by atoms with Crippen molar-refractivity contribution in [2.45, 2.75) is 26.3 Å². The standard InChI is InChI=1S/C24H23N3O5/c1-24(2,3)26-23(29)20(25-22(28)17-7-5-4-6-8-17)15-19-13-14-21(32-19)16-9-11-18(12-10-16)27(30)31/h4-15H,1-3H3,(H,25,28)(H,26,29)/b20-15-. The Labute approximate surface area is 185 Å². The second-order valence-electron chi connectivity index (χ2n) is 8.09.